The van der Waals surface area contributed by atoms with Gasteiger partial charge in [-0.15, -0.1) is 0 Å². The maximum absolute atomic E-state index is 9.58. The predicted octanol–water partition coefficient (Wildman–Crippen LogP) is 1.10. The zero-order chi connectivity index (χ0) is 10.3. The van der Waals surface area contributed by atoms with Crippen molar-refractivity contribution < 1.29 is 9.84 Å². The molecule has 0 aliphatic carbocycles. The van der Waals surface area contributed by atoms with E-state index >= 15 is 0 Å². The van der Waals surface area contributed by atoms with E-state index in [1.165, 1.54) is 0 Å². The summed E-state index contributed by atoms with van der Waals surface area (Å²) in [4.78, 5) is 0. The van der Waals surface area contributed by atoms with Gasteiger partial charge in [-0.25, -0.2) is 0 Å². The van der Waals surface area contributed by atoms with Crippen LogP contribution in [-0.2, 0) is 4.74 Å². The molecule has 4 nitrogen and oxygen atoms in total. The second-order valence-electron chi connectivity index (χ2n) is 2.42. The summed E-state index contributed by atoms with van der Waals surface area (Å²) in [5, 5.41) is 26.9. The first-order valence-electron chi connectivity index (χ1n) is 4.00. The summed E-state index contributed by atoms with van der Waals surface area (Å²) in [6.45, 7) is 3.78. The number of rotatable bonds is 4. The van der Waals surface area contributed by atoms with E-state index in [0.29, 0.717) is 6.61 Å². The summed E-state index contributed by atoms with van der Waals surface area (Å²) in [5.41, 5.74) is -1.77. The molecule has 0 heterocycles. The first-order valence-corrected chi connectivity index (χ1v) is 4.00. The molecule has 1 atom stereocenters. The lowest BCUT2D eigenvalue weighted by Gasteiger charge is -2.15. The lowest BCUT2D eigenvalue weighted by atomic mass is 9.94. The van der Waals surface area contributed by atoms with Crippen LogP contribution in [0, 0.1) is 22.7 Å². The van der Waals surface area contributed by atoms with Crippen LogP contribution in [0.3, 0.4) is 0 Å². The summed E-state index contributed by atoms with van der Waals surface area (Å²) in [5.74, 6) is 0. The third kappa shape index (κ3) is 2.77. The molecule has 0 spiro atoms. The summed E-state index contributed by atoms with van der Waals surface area (Å²) >= 11 is 0. The fraction of sp³-hybridized carbons (Fsp3) is 0.556. The number of hydrogen-bond donors (Lipinski definition) is 1. The maximum Gasteiger partial charge on any atom is 0.189 e. The van der Waals surface area contributed by atoms with Crippen LogP contribution in [0.1, 0.15) is 20.3 Å². The highest BCUT2D eigenvalue weighted by Crippen LogP contribution is 2.19. The minimum atomic E-state index is -1.72. The first kappa shape index (κ1) is 11.5. The third-order valence-electron chi connectivity index (χ3n) is 1.63. The van der Waals surface area contributed by atoms with Gasteiger partial charge >= 0.3 is 0 Å². The predicted molar refractivity (Wildman–Crippen MR) is 46.2 cm³/mol. The molecule has 4 heteroatoms. The Labute approximate surface area is 77.7 Å². The Kier molecular flexibility index (Phi) is 4.58. The Morgan fingerprint density at radius 2 is 2.15 bits per heavy atom. The number of ether oxygens (including phenoxy) is 1. The first-order chi connectivity index (χ1) is 6.14. The summed E-state index contributed by atoms with van der Waals surface area (Å²) in [6, 6.07) is 3.42. The largest absolute Gasteiger partial charge is 0.500 e. The van der Waals surface area contributed by atoms with E-state index in [2.05, 4.69) is 0 Å². The maximum atomic E-state index is 9.58. The minimum absolute atomic E-state index is 0.0562. The van der Waals surface area contributed by atoms with Gasteiger partial charge in [0.25, 0.3) is 0 Å². The van der Waals surface area contributed by atoms with Crippen molar-refractivity contribution in [2.45, 2.75) is 25.9 Å². The van der Waals surface area contributed by atoms with Gasteiger partial charge in [0.2, 0.25) is 0 Å². The second-order valence-corrected chi connectivity index (χ2v) is 2.42. The van der Waals surface area contributed by atoms with E-state index in [0.717, 1.165) is 6.26 Å². The van der Waals surface area contributed by atoms with E-state index in [1.807, 2.05) is 0 Å². The summed E-state index contributed by atoms with van der Waals surface area (Å²) in [6.07, 6.45) is 1.29. The molecule has 0 rings (SSSR count). The molecule has 0 fully saturated rings. The highest BCUT2D eigenvalue weighted by atomic mass is 16.5. The zero-order valence-electron chi connectivity index (χ0n) is 7.74. The number of nitriles is 2. The van der Waals surface area contributed by atoms with E-state index in [9.17, 15) is 5.11 Å². The molecule has 70 valence electrons. The molecule has 0 amide bonds. The highest BCUT2D eigenvalue weighted by Gasteiger charge is 2.30. The summed E-state index contributed by atoms with van der Waals surface area (Å²) in [7, 11) is 0. The molecule has 1 N–H and O–H groups in total. The lowest BCUT2D eigenvalue weighted by Crippen LogP contribution is -2.27. The second kappa shape index (κ2) is 5.18. The Morgan fingerprint density at radius 3 is 2.46 bits per heavy atom. The topological polar surface area (TPSA) is 77.0 Å². The van der Waals surface area contributed by atoms with Gasteiger partial charge in [0.1, 0.15) is 24.0 Å². The molecule has 0 aromatic carbocycles. The smallest absolute Gasteiger partial charge is 0.189 e. The molecule has 13 heavy (non-hydrogen) atoms. The molecular weight excluding hydrogens is 168 g/mol. The molecule has 0 bridgehead atoms. The van der Waals surface area contributed by atoms with Crippen LogP contribution >= 0.6 is 0 Å². The zero-order valence-corrected chi connectivity index (χ0v) is 7.74. The summed E-state index contributed by atoms with van der Waals surface area (Å²) < 4.78 is 4.84. The monoisotopic (exact) mass is 180 g/mol. The van der Waals surface area contributed by atoms with Crippen molar-refractivity contribution >= 4 is 0 Å². The van der Waals surface area contributed by atoms with Crippen LogP contribution in [0.4, 0.5) is 0 Å². The number of hydrogen-bond acceptors (Lipinski definition) is 4. The number of aliphatic hydroxyl groups is 1. The van der Waals surface area contributed by atoms with Gasteiger partial charge in [-0.1, -0.05) is 6.92 Å². The van der Waals surface area contributed by atoms with Gasteiger partial charge in [0.15, 0.2) is 5.60 Å². The van der Waals surface area contributed by atoms with Crippen molar-refractivity contribution in [2.24, 2.45) is 0 Å². The molecule has 0 aliphatic heterocycles. The Morgan fingerprint density at radius 1 is 1.54 bits per heavy atom. The van der Waals surface area contributed by atoms with Crippen LogP contribution in [0.2, 0.25) is 0 Å². The lowest BCUT2D eigenvalue weighted by molar-refractivity contribution is 0.131. The van der Waals surface area contributed by atoms with Crippen molar-refractivity contribution in [2.75, 3.05) is 6.61 Å². The van der Waals surface area contributed by atoms with Crippen LogP contribution in [0.5, 0.6) is 0 Å². The standard InChI is InChI=1S/C9H12N2O2/c1-3-9(12,7-11)8(5-10)6-13-4-2/h6,12H,3-4H2,1-2H3. The highest BCUT2D eigenvalue weighted by molar-refractivity contribution is 5.35. The molecule has 0 saturated heterocycles. The average Bonchev–Trinajstić information content (AvgIpc) is 2.18. The molecule has 0 aromatic rings. The SMILES string of the molecule is CCOC=C(C#N)C(O)(C#N)CC. The van der Waals surface area contributed by atoms with Crippen LogP contribution in [0.25, 0.3) is 0 Å². The molecular formula is C9H12N2O2. The normalized spacial score (nSPS) is 15.3. The van der Waals surface area contributed by atoms with Gasteiger partial charge in [-0.2, -0.15) is 10.5 Å². The van der Waals surface area contributed by atoms with Gasteiger partial charge in [0.05, 0.1) is 6.61 Å². The Bertz CT molecular complexity index is 272. The molecule has 1 unspecified atom stereocenters. The van der Waals surface area contributed by atoms with Gasteiger partial charge in [-0.05, 0) is 13.3 Å². The van der Waals surface area contributed by atoms with Gasteiger partial charge in [0, 0.05) is 0 Å². The van der Waals surface area contributed by atoms with Crippen molar-refractivity contribution in [3.63, 3.8) is 0 Å². The van der Waals surface area contributed by atoms with E-state index in [4.69, 9.17) is 15.3 Å². The van der Waals surface area contributed by atoms with Gasteiger partial charge in [-0.3, -0.25) is 0 Å². The average molecular weight is 180 g/mol. The van der Waals surface area contributed by atoms with E-state index < -0.39 is 5.60 Å². The third-order valence-corrected chi connectivity index (χ3v) is 1.63. The fourth-order valence-electron chi connectivity index (χ4n) is 0.713. The molecule has 0 saturated carbocycles. The fourth-order valence-corrected chi connectivity index (χ4v) is 0.713. The van der Waals surface area contributed by atoms with Gasteiger partial charge < -0.3 is 9.84 Å². The van der Waals surface area contributed by atoms with E-state index in [1.54, 1.807) is 26.0 Å². The van der Waals surface area contributed by atoms with Crippen molar-refractivity contribution in [1.29, 1.82) is 10.5 Å². The minimum Gasteiger partial charge on any atom is -0.500 e. The van der Waals surface area contributed by atoms with Crippen molar-refractivity contribution in [1.82, 2.24) is 0 Å². The molecule has 0 radical (unpaired) electrons. The Balaban J connectivity index is 4.79. The van der Waals surface area contributed by atoms with Crippen LogP contribution in [-0.4, -0.2) is 17.3 Å². The Hall–Kier alpha value is -1.52. The van der Waals surface area contributed by atoms with E-state index in [-0.39, 0.29) is 12.0 Å². The van der Waals surface area contributed by atoms with Crippen LogP contribution in [0.15, 0.2) is 11.8 Å². The molecule has 0 aromatic heterocycles. The van der Waals surface area contributed by atoms with Crippen molar-refractivity contribution in [3.05, 3.63) is 11.8 Å². The number of nitrogens with zero attached hydrogens (tertiary/aromatic N) is 2. The molecule has 0 aliphatic rings. The van der Waals surface area contributed by atoms with Crippen LogP contribution < -0.4 is 0 Å². The van der Waals surface area contributed by atoms with Crippen molar-refractivity contribution in [3.8, 4) is 12.1 Å². The quantitative estimate of drug-likeness (QED) is 0.399.